The molecule has 0 unspecified atom stereocenters. The molecule has 14 heavy (non-hydrogen) atoms. The van der Waals surface area contributed by atoms with E-state index in [0.29, 0.717) is 0 Å². The van der Waals surface area contributed by atoms with E-state index in [9.17, 15) is 0 Å². The van der Waals surface area contributed by atoms with Gasteiger partial charge in [-0.05, 0) is 41.5 Å². The quantitative estimate of drug-likeness (QED) is 0.878. The molecule has 0 aliphatic carbocycles. The number of hydrogen-bond acceptors (Lipinski definition) is 2. The zero-order chi connectivity index (χ0) is 10.6. The molecule has 0 amide bonds. The Morgan fingerprint density at radius 1 is 1.71 bits per heavy atom. The lowest BCUT2D eigenvalue weighted by molar-refractivity contribution is 0.851. The van der Waals surface area contributed by atoms with Crippen LogP contribution in [-0.4, -0.2) is 13.6 Å². The number of nitrogens with one attached hydrogen (secondary N) is 1. The second kappa shape index (κ2) is 5.91. The SMILES string of the molecule is CCC(=Cc1cc(Br)c(Cl)s1)CNC. The smallest absolute Gasteiger partial charge is 0.108 e. The van der Waals surface area contributed by atoms with Crippen molar-refractivity contribution in [3.63, 3.8) is 0 Å². The van der Waals surface area contributed by atoms with E-state index in [2.05, 4.69) is 40.3 Å². The highest BCUT2D eigenvalue weighted by molar-refractivity contribution is 9.10. The van der Waals surface area contributed by atoms with Gasteiger partial charge in [0.15, 0.2) is 0 Å². The summed E-state index contributed by atoms with van der Waals surface area (Å²) in [6, 6.07) is 2.05. The van der Waals surface area contributed by atoms with Gasteiger partial charge < -0.3 is 5.32 Å². The third kappa shape index (κ3) is 3.39. The molecule has 0 bridgehead atoms. The number of hydrogen-bond donors (Lipinski definition) is 1. The summed E-state index contributed by atoms with van der Waals surface area (Å²) in [5.74, 6) is 0. The topological polar surface area (TPSA) is 12.0 Å². The van der Waals surface area contributed by atoms with E-state index in [-0.39, 0.29) is 0 Å². The van der Waals surface area contributed by atoms with Crippen LogP contribution in [0.1, 0.15) is 18.2 Å². The van der Waals surface area contributed by atoms with Gasteiger partial charge in [0.1, 0.15) is 4.34 Å². The van der Waals surface area contributed by atoms with Gasteiger partial charge in [0, 0.05) is 15.9 Å². The molecular formula is C10H13BrClNS. The van der Waals surface area contributed by atoms with Gasteiger partial charge in [-0.1, -0.05) is 24.1 Å². The van der Waals surface area contributed by atoms with Crippen molar-refractivity contribution in [2.24, 2.45) is 0 Å². The number of halogens is 2. The lowest BCUT2D eigenvalue weighted by atomic mass is 10.2. The Labute approximate surface area is 102 Å². The van der Waals surface area contributed by atoms with Gasteiger partial charge >= 0.3 is 0 Å². The van der Waals surface area contributed by atoms with Crippen molar-refractivity contribution in [2.45, 2.75) is 13.3 Å². The van der Waals surface area contributed by atoms with Crippen LogP contribution in [0, 0.1) is 0 Å². The Morgan fingerprint density at radius 3 is 2.86 bits per heavy atom. The van der Waals surface area contributed by atoms with Crippen molar-refractivity contribution in [1.29, 1.82) is 0 Å². The van der Waals surface area contributed by atoms with E-state index >= 15 is 0 Å². The molecule has 1 rings (SSSR count). The van der Waals surface area contributed by atoms with Gasteiger partial charge in [0.25, 0.3) is 0 Å². The molecule has 0 saturated heterocycles. The largest absolute Gasteiger partial charge is 0.316 e. The Morgan fingerprint density at radius 2 is 2.43 bits per heavy atom. The van der Waals surface area contributed by atoms with Crippen LogP contribution in [0.25, 0.3) is 6.08 Å². The highest BCUT2D eigenvalue weighted by Crippen LogP contribution is 2.33. The molecule has 1 nitrogen and oxygen atoms in total. The Balaban J connectivity index is 2.83. The molecule has 1 heterocycles. The van der Waals surface area contributed by atoms with E-state index in [4.69, 9.17) is 11.6 Å². The summed E-state index contributed by atoms with van der Waals surface area (Å²) in [5.41, 5.74) is 1.39. The van der Waals surface area contributed by atoms with Crippen LogP contribution in [0.5, 0.6) is 0 Å². The average Bonchev–Trinajstić information content (AvgIpc) is 2.45. The van der Waals surface area contributed by atoms with E-state index in [1.54, 1.807) is 11.3 Å². The Bertz CT molecular complexity index is 313. The summed E-state index contributed by atoms with van der Waals surface area (Å²) in [4.78, 5) is 1.20. The minimum atomic E-state index is 0.816. The van der Waals surface area contributed by atoms with Crippen LogP contribution in [0.4, 0.5) is 0 Å². The first kappa shape index (κ1) is 12.2. The molecule has 4 heteroatoms. The maximum absolute atomic E-state index is 5.96. The summed E-state index contributed by atoms with van der Waals surface area (Å²) in [6.45, 7) is 3.09. The van der Waals surface area contributed by atoms with E-state index in [1.165, 1.54) is 10.5 Å². The molecule has 1 aromatic heterocycles. The van der Waals surface area contributed by atoms with Gasteiger partial charge in [-0.3, -0.25) is 0 Å². The lowest BCUT2D eigenvalue weighted by Gasteiger charge is -2.01. The van der Waals surface area contributed by atoms with Crippen molar-refractivity contribution in [1.82, 2.24) is 5.32 Å². The standard InChI is InChI=1S/C10H13BrClNS/c1-3-7(6-13-2)4-8-5-9(11)10(12)14-8/h4-5,13H,3,6H2,1-2H3. The van der Waals surface area contributed by atoms with Crippen LogP contribution in [0.2, 0.25) is 4.34 Å². The fourth-order valence-electron chi connectivity index (χ4n) is 1.14. The second-order valence-electron chi connectivity index (χ2n) is 2.96. The summed E-state index contributed by atoms with van der Waals surface area (Å²) >= 11 is 11.0. The van der Waals surface area contributed by atoms with Gasteiger partial charge in [-0.15, -0.1) is 11.3 Å². The molecule has 78 valence electrons. The van der Waals surface area contributed by atoms with E-state index in [0.717, 1.165) is 21.8 Å². The monoisotopic (exact) mass is 293 g/mol. The van der Waals surface area contributed by atoms with Crippen molar-refractivity contribution in [3.05, 3.63) is 25.3 Å². The van der Waals surface area contributed by atoms with Gasteiger partial charge in [0.05, 0.1) is 0 Å². The highest BCUT2D eigenvalue weighted by atomic mass is 79.9. The second-order valence-corrected chi connectivity index (χ2v) is 5.50. The van der Waals surface area contributed by atoms with Crippen molar-refractivity contribution in [3.8, 4) is 0 Å². The molecule has 0 aromatic carbocycles. The molecule has 0 atom stereocenters. The molecule has 1 aromatic rings. The fraction of sp³-hybridized carbons (Fsp3) is 0.400. The molecule has 1 N–H and O–H groups in total. The van der Waals surface area contributed by atoms with Crippen LogP contribution < -0.4 is 5.32 Å². The predicted molar refractivity (Wildman–Crippen MR) is 69.2 cm³/mol. The number of rotatable bonds is 4. The molecule has 0 radical (unpaired) electrons. The van der Waals surface area contributed by atoms with E-state index in [1.807, 2.05) is 7.05 Å². The van der Waals surface area contributed by atoms with Crippen LogP contribution in [0.3, 0.4) is 0 Å². The maximum Gasteiger partial charge on any atom is 0.108 e. The first-order chi connectivity index (χ1) is 6.67. The molecule has 0 spiro atoms. The summed E-state index contributed by atoms with van der Waals surface area (Å²) in [5, 5.41) is 3.15. The van der Waals surface area contributed by atoms with Crippen LogP contribution in [0.15, 0.2) is 16.1 Å². The number of likely N-dealkylation sites (N-methyl/N-ethyl adjacent to an activating group) is 1. The molecular weight excluding hydrogens is 282 g/mol. The Kier molecular flexibility index (Phi) is 5.17. The average molecular weight is 295 g/mol. The molecule has 0 aliphatic heterocycles. The zero-order valence-electron chi connectivity index (χ0n) is 8.23. The minimum Gasteiger partial charge on any atom is -0.316 e. The van der Waals surface area contributed by atoms with E-state index < -0.39 is 0 Å². The lowest BCUT2D eigenvalue weighted by Crippen LogP contribution is -2.09. The third-order valence-electron chi connectivity index (χ3n) is 1.87. The van der Waals surface area contributed by atoms with Gasteiger partial charge in [-0.2, -0.15) is 0 Å². The van der Waals surface area contributed by atoms with Crippen molar-refractivity contribution >= 4 is 44.9 Å². The van der Waals surface area contributed by atoms with Crippen molar-refractivity contribution in [2.75, 3.05) is 13.6 Å². The summed E-state index contributed by atoms with van der Waals surface area (Å²) in [6.07, 6.45) is 3.26. The van der Waals surface area contributed by atoms with Crippen LogP contribution >= 0.6 is 38.9 Å². The maximum atomic E-state index is 5.96. The molecule has 0 aliphatic rings. The summed E-state index contributed by atoms with van der Waals surface area (Å²) < 4.78 is 1.80. The Hall–Kier alpha value is 0.170. The van der Waals surface area contributed by atoms with Gasteiger partial charge in [0.2, 0.25) is 0 Å². The van der Waals surface area contributed by atoms with Gasteiger partial charge in [-0.25, -0.2) is 0 Å². The summed E-state index contributed by atoms with van der Waals surface area (Å²) in [7, 11) is 1.96. The van der Waals surface area contributed by atoms with Crippen molar-refractivity contribution < 1.29 is 0 Å². The predicted octanol–water partition coefficient (Wildman–Crippen LogP) is 4.18. The normalized spacial score (nSPS) is 12.1. The molecule has 0 saturated carbocycles. The zero-order valence-corrected chi connectivity index (χ0v) is 11.4. The minimum absolute atomic E-state index is 0.816. The van der Waals surface area contributed by atoms with Crippen LogP contribution in [-0.2, 0) is 0 Å². The molecule has 0 fully saturated rings. The third-order valence-corrected chi connectivity index (χ3v) is 4.29. The first-order valence-electron chi connectivity index (χ1n) is 4.46. The fourth-order valence-corrected chi connectivity index (χ4v) is 2.87. The first-order valence-corrected chi connectivity index (χ1v) is 6.45. The highest BCUT2D eigenvalue weighted by Gasteiger charge is 2.02. The number of thiophene rings is 1.